The van der Waals surface area contributed by atoms with Crippen LogP contribution in [0.1, 0.15) is 30.3 Å². The molecule has 4 nitrogen and oxygen atoms in total. The van der Waals surface area contributed by atoms with Crippen molar-refractivity contribution in [1.82, 2.24) is 10.3 Å². The standard InChI is InChI=1S/C15H17N3O/c1-9(10-6-7-10)17-15(19)13-8-11-4-2-3-5-12(11)14(16)18-13/h2-5,8-10H,6-7H2,1H3,(H2,16,18)(H,17,19). The number of hydrogen-bond donors (Lipinski definition) is 2. The van der Waals surface area contributed by atoms with E-state index < -0.39 is 0 Å². The van der Waals surface area contributed by atoms with Crippen LogP contribution in [0.25, 0.3) is 10.8 Å². The van der Waals surface area contributed by atoms with Crippen molar-refractivity contribution in [2.24, 2.45) is 5.92 Å². The van der Waals surface area contributed by atoms with Crippen molar-refractivity contribution in [3.63, 3.8) is 0 Å². The number of carbonyl (C=O) groups excluding carboxylic acids is 1. The summed E-state index contributed by atoms with van der Waals surface area (Å²) in [7, 11) is 0. The van der Waals surface area contributed by atoms with E-state index in [1.165, 1.54) is 12.8 Å². The molecule has 2 aromatic rings. The number of nitrogens with zero attached hydrogens (tertiary/aromatic N) is 1. The van der Waals surface area contributed by atoms with Crippen LogP contribution >= 0.6 is 0 Å². The van der Waals surface area contributed by atoms with Gasteiger partial charge in [-0.1, -0.05) is 24.3 Å². The van der Waals surface area contributed by atoms with Crippen molar-refractivity contribution < 1.29 is 4.79 Å². The fraction of sp³-hybridized carbons (Fsp3) is 0.333. The average molecular weight is 255 g/mol. The Hall–Kier alpha value is -2.10. The number of nitrogens with two attached hydrogens (primary N) is 1. The lowest BCUT2D eigenvalue weighted by Crippen LogP contribution is -2.34. The van der Waals surface area contributed by atoms with Crippen LogP contribution in [0.4, 0.5) is 5.82 Å². The Morgan fingerprint density at radius 2 is 2.16 bits per heavy atom. The number of amides is 1. The van der Waals surface area contributed by atoms with Gasteiger partial charge >= 0.3 is 0 Å². The number of pyridine rings is 1. The van der Waals surface area contributed by atoms with E-state index in [1.54, 1.807) is 6.07 Å². The van der Waals surface area contributed by atoms with Crippen molar-refractivity contribution in [2.75, 3.05) is 5.73 Å². The Labute approximate surface area is 112 Å². The van der Waals surface area contributed by atoms with Gasteiger partial charge in [0.1, 0.15) is 11.5 Å². The van der Waals surface area contributed by atoms with Gasteiger partial charge in [-0.3, -0.25) is 4.79 Å². The van der Waals surface area contributed by atoms with E-state index in [4.69, 9.17) is 5.73 Å². The zero-order chi connectivity index (χ0) is 13.4. The first-order chi connectivity index (χ1) is 9.15. The van der Waals surface area contributed by atoms with Gasteiger partial charge in [-0.2, -0.15) is 0 Å². The molecular formula is C15H17N3O. The smallest absolute Gasteiger partial charge is 0.270 e. The van der Waals surface area contributed by atoms with Crippen LogP contribution in [-0.2, 0) is 0 Å². The molecule has 1 aliphatic rings. The predicted molar refractivity (Wildman–Crippen MR) is 75.8 cm³/mol. The van der Waals surface area contributed by atoms with E-state index in [1.807, 2.05) is 31.2 Å². The van der Waals surface area contributed by atoms with Crippen molar-refractivity contribution in [3.05, 3.63) is 36.0 Å². The molecule has 1 amide bonds. The summed E-state index contributed by atoms with van der Waals surface area (Å²) in [6.07, 6.45) is 2.41. The Morgan fingerprint density at radius 3 is 2.89 bits per heavy atom. The summed E-state index contributed by atoms with van der Waals surface area (Å²) in [5, 5.41) is 4.82. The Bertz CT molecular complexity index is 634. The molecule has 1 atom stereocenters. The van der Waals surface area contributed by atoms with Crippen molar-refractivity contribution in [3.8, 4) is 0 Å². The lowest BCUT2D eigenvalue weighted by Gasteiger charge is -2.13. The minimum atomic E-state index is -0.142. The first-order valence-corrected chi connectivity index (χ1v) is 6.61. The molecule has 0 aliphatic heterocycles. The topological polar surface area (TPSA) is 68.0 Å². The van der Waals surface area contributed by atoms with Crippen LogP contribution in [0.5, 0.6) is 0 Å². The van der Waals surface area contributed by atoms with Gasteiger partial charge in [0.05, 0.1) is 0 Å². The number of aromatic nitrogens is 1. The molecule has 3 rings (SSSR count). The quantitative estimate of drug-likeness (QED) is 0.884. The number of carbonyl (C=O) groups is 1. The Balaban J connectivity index is 1.89. The van der Waals surface area contributed by atoms with Crippen LogP contribution in [0.15, 0.2) is 30.3 Å². The van der Waals surface area contributed by atoms with Gasteiger partial charge in [0.25, 0.3) is 5.91 Å². The van der Waals surface area contributed by atoms with E-state index in [9.17, 15) is 4.79 Å². The number of rotatable bonds is 3. The maximum absolute atomic E-state index is 12.2. The fourth-order valence-corrected chi connectivity index (χ4v) is 2.34. The number of nitrogens with one attached hydrogen (secondary N) is 1. The highest BCUT2D eigenvalue weighted by Gasteiger charge is 2.29. The van der Waals surface area contributed by atoms with Crippen LogP contribution in [0.2, 0.25) is 0 Å². The third-order valence-electron chi connectivity index (χ3n) is 3.69. The molecule has 3 N–H and O–H groups in total. The second-order valence-electron chi connectivity index (χ2n) is 5.21. The molecule has 1 fully saturated rings. The minimum Gasteiger partial charge on any atom is -0.383 e. The molecule has 19 heavy (non-hydrogen) atoms. The molecule has 98 valence electrons. The summed E-state index contributed by atoms with van der Waals surface area (Å²) in [4.78, 5) is 16.4. The third-order valence-corrected chi connectivity index (χ3v) is 3.69. The van der Waals surface area contributed by atoms with Gasteiger partial charge < -0.3 is 11.1 Å². The maximum Gasteiger partial charge on any atom is 0.270 e. The zero-order valence-electron chi connectivity index (χ0n) is 10.9. The number of benzene rings is 1. The third kappa shape index (κ3) is 2.38. The SMILES string of the molecule is CC(NC(=O)c1cc2ccccc2c(N)n1)C1CC1. The molecule has 4 heteroatoms. The van der Waals surface area contributed by atoms with Gasteiger partial charge in [0.2, 0.25) is 0 Å². The van der Waals surface area contributed by atoms with Crippen LogP contribution in [0, 0.1) is 5.92 Å². The molecule has 0 saturated heterocycles. The first kappa shape index (κ1) is 12.0. The lowest BCUT2D eigenvalue weighted by molar-refractivity contribution is 0.0931. The summed E-state index contributed by atoms with van der Waals surface area (Å²) < 4.78 is 0. The molecule has 1 aromatic carbocycles. The van der Waals surface area contributed by atoms with Crippen molar-refractivity contribution >= 4 is 22.5 Å². The van der Waals surface area contributed by atoms with Gasteiger partial charge in [-0.15, -0.1) is 0 Å². The monoisotopic (exact) mass is 255 g/mol. The summed E-state index contributed by atoms with van der Waals surface area (Å²) in [6.45, 7) is 2.04. The van der Waals surface area contributed by atoms with E-state index in [0.717, 1.165) is 10.8 Å². The molecule has 0 radical (unpaired) electrons. The Morgan fingerprint density at radius 1 is 1.42 bits per heavy atom. The van der Waals surface area contributed by atoms with Crippen LogP contribution < -0.4 is 11.1 Å². The minimum absolute atomic E-state index is 0.142. The highest BCUT2D eigenvalue weighted by molar-refractivity contribution is 5.99. The zero-order valence-corrected chi connectivity index (χ0v) is 10.9. The van der Waals surface area contributed by atoms with Crippen LogP contribution in [-0.4, -0.2) is 16.9 Å². The first-order valence-electron chi connectivity index (χ1n) is 6.61. The van der Waals surface area contributed by atoms with E-state index in [2.05, 4.69) is 10.3 Å². The second-order valence-corrected chi connectivity index (χ2v) is 5.21. The average Bonchev–Trinajstić information content (AvgIpc) is 3.23. The number of hydrogen-bond acceptors (Lipinski definition) is 3. The number of anilines is 1. The largest absolute Gasteiger partial charge is 0.383 e. The highest BCUT2D eigenvalue weighted by atomic mass is 16.1. The maximum atomic E-state index is 12.2. The van der Waals surface area contributed by atoms with Crippen molar-refractivity contribution in [2.45, 2.75) is 25.8 Å². The summed E-state index contributed by atoms with van der Waals surface area (Å²) in [5.41, 5.74) is 6.30. The summed E-state index contributed by atoms with van der Waals surface area (Å²) in [5.74, 6) is 0.890. The molecule has 1 heterocycles. The fourth-order valence-electron chi connectivity index (χ4n) is 2.34. The lowest BCUT2D eigenvalue weighted by atomic mass is 10.1. The van der Waals surface area contributed by atoms with Crippen molar-refractivity contribution in [1.29, 1.82) is 0 Å². The second kappa shape index (κ2) is 4.53. The number of fused-ring (bicyclic) bond motifs is 1. The van der Waals surface area contributed by atoms with E-state index >= 15 is 0 Å². The summed E-state index contributed by atoms with van der Waals surface area (Å²) >= 11 is 0. The predicted octanol–water partition coefficient (Wildman–Crippen LogP) is 2.35. The molecule has 0 bridgehead atoms. The molecular weight excluding hydrogens is 238 g/mol. The molecule has 1 unspecified atom stereocenters. The van der Waals surface area contributed by atoms with Crippen LogP contribution in [0.3, 0.4) is 0 Å². The summed E-state index contributed by atoms with van der Waals surface area (Å²) in [6, 6.07) is 9.69. The van der Waals surface area contributed by atoms with Gasteiger partial charge in [0, 0.05) is 11.4 Å². The van der Waals surface area contributed by atoms with E-state index in [-0.39, 0.29) is 11.9 Å². The normalized spacial score (nSPS) is 16.3. The number of nitrogen functional groups attached to an aromatic ring is 1. The molecule has 1 saturated carbocycles. The van der Waals surface area contributed by atoms with Gasteiger partial charge in [0.15, 0.2) is 0 Å². The molecule has 1 aromatic heterocycles. The molecule has 0 spiro atoms. The van der Waals surface area contributed by atoms with E-state index in [0.29, 0.717) is 17.4 Å². The highest BCUT2D eigenvalue weighted by Crippen LogP contribution is 2.32. The van der Waals surface area contributed by atoms with Gasteiger partial charge in [-0.05, 0) is 37.1 Å². The van der Waals surface area contributed by atoms with Gasteiger partial charge in [-0.25, -0.2) is 4.98 Å². The molecule has 1 aliphatic carbocycles. The Kier molecular flexibility index (Phi) is 2.85.